The fraction of sp³-hybridized carbons (Fsp3) is 0.417. The van der Waals surface area contributed by atoms with Crippen LogP contribution in [-0.4, -0.2) is 21.3 Å². The topological polar surface area (TPSA) is 37.3 Å². The summed E-state index contributed by atoms with van der Waals surface area (Å²) in [6.45, 7) is 2.94. The molecule has 1 rings (SSSR count). The average molecular weight is 384 g/mol. The van der Waals surface area contributed by atoms with Crippen LogP contribution in [0.3, 0.4) is 0 Å². The summed E-state index contributed by atoms with van der Waals surface area (Å²) in [6.07, 6.45) is 0. The van der Waals surface area contributed by atoms with E-state index in [9.17, 15) is 9.90 Å². The van der Waals surface area contributed by atoms with E-state index in [-0.39, 0.29) is 10.6 Å². The zero-order valence-electron chi connectivity index (χ0n) is 9.45. The van der Waals surface area contributed by atoms with E-state index in [4.69, 9.17) is 11.6 Å². The van der Waals surface area contributed by atoms with Gasteiger partial charge in [-0.05, 0) is 25.5 Å². The Morgan fingerprint density at radius 2 is 1.88 bits per heavy atom. The van der Waals surface area contributed by atoms with Crippen molar-refractivity contribution in [3.05, 3.63) is 34.9 Å². The van der Waals surface area contributed by atoms with Gasteiger partial charge in [0.2, 0.25) is 0 Å². The zero-order chi connectivity index (χ0) is 13.2. The molecule has 2 atom stereocenters. The van der Waals surface area contributed by atoms with E-state index in [2.05, 4.69) is 31.9 Å². The van der Waals surface area contributed by atoms with E-state index < -0.39 is 10.4 Å². The van der Waals surface area contributed by atoms with Gasteiger partial charge in [0.1, 0.15) is 5.60 Å². The number of Topliss-reactive ketones (excluding diaryl/α,β-unsaturated/α-hetero) is 1. The van der Waals surface area contributed by atoms with Crippen molar-refractivity contribution in [1.82, 2.24) is 0 Å². The third-order valence-electron chi connectivity index (χ3n) is 2.31. The van der Waals surface area contributed by atoms with Crippen LogP contribution in [0.1, 0.15) is 24.2 Å². The minimum atomic E-state index is -1.37. The quantitative estimate of drug-likeness (QED) is 0.800. The lowest BCUT2D eigenvalue weighted by molar-refractivity contribution is -0.133. The summed E-state index contributed by atoms with van der Waals surface area (Å²) < 4.78 is 0. The summed E-state index contributed by atoms with van der Waals surface area (Å²) >= 11 is 12.8. The molecule has 0 aliphatic heterocycles. The summed E-state index contributed by atoms with van der Waals surface area (Å²) in [6, 6.07) is 7.28. The van der Waals surface area contributed by atoms with Crippen LogP contribution in [0.15, 0.2) is 24.3 Å². The number of alkyl halides is 2. The molecule has 0 fully saturated rings. The van der Waals surface area contributed by atoms with Crippen molar-refractivity contribution in [3.63, 3.8) is 0 Å². The molecule has 1 aromatic rings. The van der Waals surface area contributed by atoms with Gasteiger partial charge in [0.05, 0.1) is 9.65 Å². The SMILES string of the molecule is CC(C)(O)C(=O)C(Br)C(Br)c1ccccc1Cl. The molecule has 0 saturated heterocycles. The van der Waals surface area contributed by atoms with E-state index in [0.717, 1.165) is 5.56 Å². The molecule has 0 bridgehead atoms. The Balaban J connectivity index is 2.95. The van der Waals surface area contributed by atoms with E-state index >= 15 is 0 Å². The Morgan fingerprint density at radius 3 is 2.35 bits per heavy atom. The smallest absolute Gasteiger partial charge is 0.178 e. The van der Waals surface area contributed by atoms with Crippen LogP contribution in [0.25, 0.3) is 0 Å². The first-order valence-corrected chi connectivity index (χ1v) is 7.25. The third kappa shape index (κ3) is 3.78. The number of benzene rings is 1. The third-order valence-corrected chi connectivity index (χ3v) is 5.33. The number of carbonyl (C=O) groups excluding carboxylic acids is 1. The van der Waals surface area contributed by atoms with Gasteiger partial charge in [-0.15, -0.1) is 0 Å². The van der Waals surface area contributed by atoms with Crippen molar-refractivity contribution in [2.24, 2.45) is 0 Å². The van der Waals surface area contributed by atoms with Crippen molar-refractivity contribution in [2.45, 2.75) is 29.1 Å². The van der Waals surface area contributed by atoms with Gasteiger partial charge in [-0.25, -0.2) is 0 Å². The highest BCUT2D eigenvalue weighted by Crippen LogP contribution is 2.37. The van der Waals surface area contributed by atoms with Gasteiger partial charge >= 0.3 is 0 Å². The number of ketones is 1. The number of rotatable bonds is 4. The first kappa shape index (κ1) is 15.2. The van der Waals surface area contributed by atoms with E-state index in [1.54, 1.807) is 6.07 Å². The number of carbonyl (C=O) groups is 1. The Hall–Kier alpha value is 0.1000. The van der Waals surface area contributed by atoms with E-state index in [0.29, 0.717) is 5.02 Å². The molecule has 0 saturated carbocycles. The molecule has 5 heteroatoms. The second-order valence-electron chi connectivity index (χ2n) is 4.25. The lowest BCUT2D eigenvalue weighted by Crippen LogP contribution is -2.38. The highest BCUT2D eigenvalue weighted by molar-refractivity contribution is 9.12. The van der Waals surface area contributed by atoms with E-state index in [1.807, 2.05) is 18.2 Å². The molecule has 1 N–H and O–H groups in total. The van der Waals surface area contributed by atoms with Crippen molar-refractivity contribution < 1.29 is 9.90 Å². The van der Waals surface area contributed by atoms with Crippen LogP contribution in [0, 0.1) is 0 Å². The van der Waals surface area contributed by atoms with Crippen LogP contribution in [0.5, 0.6) is 0 Å². The molecule has 17 heavy (non-hydrogen) atoms. The van der Waals surface area contributed by atoms with Crippen LogP contribution in [-0.2, 0) is 4.79 Å². The van der Waals surface area contributed by atoms with Crippen LogP contribution >= 0.6 is 43.5 Å². The highest BCUT2D eigenvalue weighted by atomic mass is 79.9. The number of hydrogen-bond acceptors (Lipinski definition) is 2. The largest absolute Gasteiger partial charge is 0.383 e. The molecule has 94 valence electrons. The summed E-state index contributed by atoms with van der Waals surface area (Å²) in [4.78, 5) is 11.1. The zero-order valence-corrected chi connectivity index (χ0v) is 13.4. The van der Waals surface area contributed by atoms with Crippen molar-refractivity contribution in [3.8, 4) is 0 Å². The fourth-order valence-corrected chi connectivity index (χ4v) is 3.20. The maximum atomic E-state index is 11.9. The molecule has 0 aliphatic carbocycles. The van der Waals surface area contributed by atoms with Gasteiger partial charge in [0.25, 0.3) is 0 Å². The molecule has 0 aliphatic rings. The van der Waals surface area contributed by atoms with Gasteiger partial charge in [0, 0.05) is 5.02 Å². The molecule has 2 unspecified atom stereocenters. The molecule has 2 nitrogen and oxygen atoms in total. The molecule has 0 spiro atoms. The van der Waals surface area contributed by atoms with Gasteiger partial charge < -0.3 is 5.11 Å². The highest BCUT2D eigenvalue weighted by Gasteiger charge is 2.35. The van der Waals surface area contributed by atoms with Gasteiger partial charge in [-0.1, -0.05) is 61.7 Å². The second kappa shape index (κ2) is 5.83. The summed E-state index contributed by atoms with van der Waals surface area (Å²) in [5.74, 6) is -0.292. The minimum absolute atomic E-state index is 0.282. The van der Waals surface area contributed by atoms with Crippen LogP contribution in [0.2, 0.25) is 5.02 Å². The fourth-order valence-electron chi connectivity index (χ4n) is 1.33. The lowest BCUT2D eigenvalue weighted by atomic mass is 9.97. The summed E-state index contributed by atoms with van der Waals surface area (Å²) in [5.41, 5.74) is -0.560. The maximum absolute atomic E-state index is 11.9. The first-order chi connectivity index (χ1) is 7.75. The normalized spacial score (nSPS) is 15.4. The van der Waals surface area contributed by atoms with Crippen molar-refractivity contribution in [1.29, 1.82) is 0 Å². The van der Waals surface area contributed by atoms with Crippen molar-refractivity contribution in [2.75, 3.05) is 0 Å². The predicted molar refractivity (Wildman–Crippen MR) is 77.1 cm³/mol. The van der Waals surface area contributed by atoms with Crippen LogP contribution < -0.4 is 0 Å². The number of aliphatic hydroxyl groups is 1. The monoisotopic (exact) mass is 382 g/mol. The molecule has 1 aromatic carbocycles. The lowest BCUT2D eigenvalue weighted by Gasteiger charge is -2.23. The van der Waals surface area contributed by atoms with Crippen molar-refractivity contribution >= 4 is 49.2 Å². The van der Waals surface area contributed by atoms with E-state index in [1.165, 1.54) is 13.8 Å². The Labute approximate surface area is 123 Å². The summed E-state index contributed by atoms with van der Waals surface area (Å²) in [7, 11) is 0. The molecule has 0 aromatic heterocycles. The number of hydrogen-bond donors (Lipinski definition) is 1. The van der Waals surface area contributed by atoms with Gasteiger partial charge in [-0.3, -0.25) is 4.79 Å². The molecular formula is C12H13Br2ClO2. The predicted octanol–water partition coefficient (Wildman–Crippen LogP) is 3.88. The number of halogens is 3. The maximum Gasteiger partial charge on any atom is 0.178 e. The standard InChI is InChI=1S/C12H13Br2ClO2/c1-12(2,17)11(16)10(14)9(13)7-5-3-4-6-8(7)15/h3-6,9-10,17H,1-2H3. The van der Waals surface area contributed by atoms with Gasteiger partial charge in [0.15, 0.2) is 5.78 Å². The molecular weight excluding hydrogens is 371 g/mol. The summed E-state index contributed by atoms with van der Waals surface area (Å²) in [5, 5.41) is 10.3. The molecule has 0 amide bonds. The minimum Gasteiger partial charge on any atom is -0.383 e. The van der Waals surface area contributed by atoms with Crippen LogP contribution in [0.4, 0.5) is 0 Å². The Morgan fingerprint density at radius 1 is 1.35 bits per heavy atom. The second-order valence-corrected chi connectivity index (χ2v) is 6.63. The Kier molecular flexibility index (Phi) is 5.20. The Bertz CT molecular complexity index is 415. The molecule has 0 heterocycles. The first-order valence-electron chi connectivity index (χ1n) is 5.04. The molecule has 0 radical (unpaired) electrons. The average Bonchev–Trinajstić information content (AvgIpc) is 2.25. The van der Waals surface area contributed by atoms with Gasteiger partial charge in [-0.2, -0.15) is 0 Å².